The Labute approximate surface area is 111 Å². The minimum Gasteiger partial charge on any atom is -0.324 e. The molecule has 0 spiro atoms. The molecular formula is C16H25NO. The molecule has 0 amide bonds. The Balaban J connectivity index is 0.000000232. The van der Waals surface area contributed by atoms with Crippen molar-refractivity contribution in [1.82, 2.24) is 0 Å². The third-order valence-corrected chi connectivity index (χ3v) is 3.35. The van der Waals surface area contributed by atoms with Crippen molar-refractivity contribution in [2.75, 3.05) is 0 Å². The molecule has 2 N–H and O–H groups in total. The molecule has 0 aliphatic heterocycles. The van der Waals surface area contributed by atoms with Crippen LogP contribution in [0.2, 0.25) is 0 Å². The summed E-state index contributed by atoms with van der Waals surface area (Å²) >= 11 is 0. The maximum atomic E-state index is 9.56. The summed E-state index contributed by atoms with van der Waals surface area (Å²) < 4.78 is 0. The molecule has 1 aliphatic carbocycles. The summed E-state index contributed by atoms with van der Waals surface area (Å²) in [4.78, 5) is 9.56. The molecule has 1 aromatic rings. The summed E-state index contributed by atoms with van der Waals surface area (Å²) in [7, 11) is 0. The van der Waals surface area contributed by atoms with Gasteiger partial charge in [0.2, 0.25) is 0 Å². The van der Waals surface area contributed by atoms with Gasteiger partial charge in [0.15, 0.2) is 0 Å². The standard InChI is InChI=1S/C11H15N.C5H10O/c1-8-4-2-3-5-10(8)11(12)9-6-7-9;1-2-3-4-5-6/h2-5,9,11H,6-7,12H2,1H3;5H,2-4H2,1H3. The maximum Gasteiger partial charge on any atom is 0.119 e. The zero-order valence-electron chi connectivity index (χ0n) is 11.6. The van der Waals surface area contributed by atoms with Gasteiger partial charge in [-0.3, -0.25) is 0 Å². The fourth-order valence-electron chi connectivity index (χ4n) is 1.96. The zero-order valence-corrected chi connectivity index (χ0v) is 11.6. The predicted octanol–water partition coefficient (Wildman–Crippen LogP) is 3.78. The summed E-state index contributed by atoms with van der Waals surface area (Å²) in [5.74, 6) is 0.756. The molecule has 2 nitrogen and oxygen atoms in total. The largest absolute Gasteiger partial charge is 0.324 e. The van der Waals surface area contributed by atoms with Gasteiger partial charge in [0.25, 0.3) is 0 Å². The van der Waals surface area contributed by atoms with Gasteiger partial charge < -0.3 is 10.5 Å². The monoisotopic (exact) mass is 247 g/mol. The van der Waals surface area contributed by atoms with Crippen molar-refractivity contribution in [1.29, 1.82) is 0 Å². The van der Waals surface area contributed by atoms with E-state index in [1.54, 1.807) is 0 Å². The van der Waals surface area contributed by atoms with Crippen LogP contribution in [0.3, 0.4) is 0 Å². The second kappa shape index (κ2) is 8.04. The van der Waals surface area contributed by atoms with Crippen LogP contribution in [0, 0.1) is 12.8 Å². The average Bonchev–Trinajstić information content (AvgIpc) is 3.21. The first-order valence-electron chi connectivity index (χ1n) is 6.95. The van der Waals surface area contributed by atoms with Gasteiger partial charge in [0.05, 0.1) is 0 Å². The van der Waals surface area contributed by atoms with E-state index in [0.717, 1.165) is 31.5 Å². The summed E-state index contributed by atoms with van der Waals surface area (Å²) in [6.45, 7) is 4.21. The van der Waals surface area contributed by atoms with E-state index in [4.69, 9.17) is 5.73 Å². The highest BCUT2D eigenvalue weighted by atomic mass is 16.1. The lowest BCUT2D eigenvalue weighted by molar-refractivity contribution is -0.107. The second-order valence-electron chi connectivity index (χ2n) is 5.03. The van der Waals surface area contributed by atoms with Crippen LogP contribution >= 0.6 is 0 Å². The highest BCUT2D eigenvalue weighted by molar-refractivity contribution is 5.48. The van der Waals surface area contributed by atoms with Crippen LogP contribution in [0.1, 0.15) is 56.2 Å². The maximum absolute atomic E-state index is 9.56. The van der Waals surface area contributed by atoms with E-state index in [1.807, 2.05) is 0 Å². The van der Waals surface area contributed by atoms with Gasteiger partial charge >= 0.3 is 0 Å². The Morgan fingerprint density at radius 3 is 2.50 bits per heavy atom. The molecule has 1 unspecified atom stereocenters. The van der Waals surface area contributed by atoms with Crippen LogP contribution in [0.5, 0.6) is 0 Å². The molecule has 0 aromatic heterocycles. The molecule has 0 bridgehead atoms. The molecule has 0 heterocycles. The third-order valence-electron chi connectivity index (χ3n) is 3.35. The van der Waals surface area contributed by atoms with E-state index in [2.05, 4.69) is 38.1 Å². The van der Waals surface area contributed by atoms with Crippen molar-refractivity contribution < 1.29 is 4.79 Å². The summed E-state index contributed by atoms with van der Waals surface area (Å²) in [6.07, 6.45) is 6.49. The van der Waals surface area contributed by atoms with Crippen molar-refractivity contribution >= 4 is 6.29 Å². The van der Waals surface area contributed by atoms with Crippen molar-refractivity contribution in [3.8, 4) is 0 Å². The summed E-state index contributed by atoms with van der Waals surface area (Å²) in [5, 5.41) is 0. The Hall–Kier alpha value is -1.15. The van der Waals surface area contributed by atoms with Crippen LogP contribution in [0.25, 0.3) is 0 Å². The lowest BCUT2D eigenvalue weighted by atomic mass is 9.99. The molecule has 1 aromatic carbocycles. The van der Waals surface area contributed by atoms with E-state index in [1.165, 1.54) is 24.0 Å². The van der Waals surface area contributed by atoms with E-state index in [9.17, 15) is 4.79 Å². The number of carbonyl (C=O) groups excluding carboxylic acids is 1. The summed E-state index contributed by atoms with van der Waals surface area (Å²) in [5.41, 5.74) is 8.76. The number of carbonyl (C=O) groups is 1. The number of unbranched alkanes of at least 4 members (excludes halogenated alkanes) is 2. The molecule has 0 radical (unpaired) electrons. The van der Waals surface area contributed by atoms with Crippen LogP contribution in [-0.4, -0.2) is 6.29 Å². The number of hydrogen-bond acceptors (Lipinski definition) is 2. The quantitative estimate of drug-likeness (QED) is 0.635. The van der Waals surface area contributed by atoms with Crippen molar-refractivity contribution in [2.24, 2.45) is 11.7 Å². The van der Waals surface area contributed by atoms with Gasteiger partial charge in [-0.2, -0.15) is 0 Å². The molecule has 100 valence electrons. The van der Waals surface area contributed by atoms with Crippen LogP contribution in [-0.2, 0) is 4.79 Å². The van der Waals surface area contributed by atoms with E-state index >= 15 is 0 Å². The molecule has 2 heteroatoms. The Kier molecular flexibility index (Phi) is 6.66. The Morgan fingerprint density at radius 1 is 1.39 bits per heavy atom. The zero-order chi connectivity index (χ0) is 13.4. The Morgan fingerprint density at radius 2 is 2.06 bits per heavy atom. The molecular weight excluding hydrogens is 222 g/mol. The predicted molar refractivity (Wildman–Crippen MR) is 76.4 cm³/mol. The molecule has 1 aliphatic rings. The van der Waals surface area contributed by atoms with E-state index in [-0.39, 0.29) is 6.04 Å². The highest BCUT2D eigenvalue weighted by Crippen LogP contribution is 2.40. The first-order chi connectivity index (χ1) is 8.70. The van der Waals surface area contributed by atoms with Crippen LogP contribution < -0.4 is 5.73 Å². The van der Waals surface area contributed by atoms with Gasteiger partial charge in [-0.1, -0.05) is 37.6 Å². The van der Waals surface area contributed by atoms with Gasteiger partial charge in [-0.25, -0.2) is 0 Å². The lowest BCUT2D eigenvalue weighted by Gasteiger charge is -2.12. The number of nitrogens with two attached hydrogens (primary N) is 1. The first-order valence-corrected chi connectivity index (χ1v) is 6.95. The van der Waals surface area contributed by atoms with Crippen LogP contribution in [0.15, 0.2) is 24.3 Å². The topological polar surface area (TPSA) is 43.1 Å². The van der Waals surface area contributed by atoms with Crippen molar-refractivity contribution in [2.45, 2.75) is 52.0 Å². The van der Waals surface area contributed by atoms with Crippen molar-refractivity contribution in [3.05, 3.63) is 35.4 Å². The fraction of sp³-hybridized carbons (Fsp3) is 0.562. The van der Waals surface area contributed by atoms with Gasteiger partial charge in [0, 0.05) is 12.5 Å². The SMILES string of the molecule is CCCCC=O.Cc1ccccc1C(N)C1CC1. The van der Waals surface area contributed by atoms with Gasteiger partial charge in [-0.15, -0.1) is 0 Å². The Bertz CT molecular complexity index is 358. The van der Waals surface area contributed by atoms with E-state index < -0.39 is 0 Å². The van der Waals surface area contributed by atoms with Crippen molar-refractivity contribution in [3.63, 3.8) is 0 Å². The highest BCUT2D eigenvalue weighted by Gasteiger charge is 2.29. The molecule has 2 rings (SSSR count). The normalized spacial score (nSPS) is 15.5. The first kappa shape index (κ1) is 14.9. The molecule has 1 fully saturated rings. The smallest absolute Gasteiger partial charge is 0.119 e. The molecule has 1 atom stereocenters. The third kappa shape index (κ3) is 5.01. The van der Waals surface area contributed by atoms with Gasteiger partial charge in [0.1, 0.15) is 6.29 Å². The van der Waals surface area contributed by atoms with Crippen LogP contribution in [0.4, 0.5) is 0 Å². The summed E-state index contributed by atoms with van der Waals surface area (Å²) in [6, 6.07) is 8.71. The second-order valence-corrected chi connectivity index (χ2v) is 5.03. The molecule has 1 saturated carbocycles. The number of rotatable bonds is 5. The van der Waals surface area contributed by atoms with E-state index in [0.29, 0.717) is 0 Å². The number of hydrogen-bond donors (Lipinski definition) is 1. The lowest BCUT2D eigenvalue weighted by Crippen LogP contribution is -2.13. The van der Waals surface area contributed by atoms with Gasteiger partial charge in [-0.05, 0) is 43.2 Å². The number of aldehydes is 1. The minimum absolute atomic E-state index is 0.284. The fourth-order valence-corrected chi connectivity index (χ4v) is 1.96. The molecule has 18 heavy (non-hydrogen) atoms. The minimum atomic E-state index is 0.284. The average molecular weight is 247 g/mol. The molecule has 0 saturated heterocycles. The number of benzene rings is 1. The number of aryl methyl sites for hydroxylation is 1.